The molecule has 0 amide bonds. The highest BCUT2D eigenvalue weighted by molar-refractivity contribution is 5.87. The molecule has 1 heterocycles. The molecule has 0 fully saturated rings. The van der Waals surface area contributed by atoms with Crippen molar-refractivity contribution in [1.29, 1.82) is 0 Å². The van der Waals surface area contributed by atoms with Crippen molar-refractivity contribution in [1.82, 2.24) is 14.8 Å². The summed E-state index contributed by atoms with van der Waals surface area (Å²) < 4.78 is 14.6. The lowest BCUT2D eigenvalue weighted by atomic mass is 10.1. The Morgan fingerprint density at radius 2 is 2.25 bits per heavy atom. The van der Waals surface area contributed by atoms with E-state index in [2.05, 4.69) is 10.1 Å². The maximum absolute atomic E-state index is 13.1. The first-order valence-corrected chi connectivity index (χ1v) is 4.50. The lowest BCUT2D eigenvalue weighted by Crippen LogP contribution is -2.04. The van der Waals surface area contributed by atoms with E-state index in [1.54, 1.807) is 0 Å². The first-order chi connectivity index (χ1) is 7.65. The number of aromatic nitrogens is 3. The number of carboxylic acid groups (broad SMARTS) is 1. The Balaban J connectivity index is 2.31. The monoisotopic (exact) mass is 221 g/mol. The summed E-state index contributed by atoms with van der Waals surface area (Å²) in [6, 6.07) is 3.66. The van der Waals surface area contributed by atoms with Gasteiger partial charge in [0.05, 0.1) is 12.1 Å². The maximum Gasteiger partial charge on any atom is 0.335 e. The average molecular weight is 221 g/mol. The van der Waals surface area contributed by atoms with Gasteiger partial charge in [0.25, 0.3) is 0 Å². The Morgan fingerprint density at radius 1 is 1.44 bits per heavy atom. The summed E-state index contributed by atoms with van der Waals surface area (Å²) in [7, 11) is 0. The van der Waals surface area contributed by atoms with E-state index in [-0.39, 0.29) is 12.1 Å². The lowest BCUT2D eigenvalue weighted by Gasteiger charge is -2.03. The van der Waals surface area contributed by atoms with Crippen molar-refractivity contribution in [2.45, 2.75) is 6.54 Å². The molecule has 0 radical (unpaired) electrons. The third-order valence-corrected chi connectivity index (χ3v) is 2.02. The van der Waals surface area contributed by atoms with Crippen molar-refractivity contribution in [3.8, 4) is 0 Å². The van der Waals surface area contributed by atoms with Gasteiger partial charge >= 0.3 is 5.97 Å². The van der Waals surface area contributed by atoms with Crippen LogP contribution in [-0.2, 0) is 6.54 Å². The van der Waals surface area contributed by atoms with E-state index in [1.165, 1.54) is 29.5 Å². The molecule has 2 rings (SSSR count). The number of hydrogen-bond acceptors (Lipinski definition) is 3. The fourth-order valence-corrected chi connectivity index (χ4v) is 1.37. The van der Waals surface area contributed by atoms with Gasteiger partial charge in [-0.15, -0.1) is 0 Å². The molecule has 6 heteroatoms. The standard InChI is InChI=1S/C10H8FN3O2/c11-9-2-7(1-8(3-9)10(15)16)4-14-6-12-5-13-14/h1-3,5-6H,4H2,(H,15,16). The normalized spacial score (nSPS) is 10.3. The van der Waals surface area contributed by atoms with Crippen molar-refractivity contribution in [3.63, 3.8) is 0 Å². The molecule has 0 atom stereocenters. The molecule has 0 saturated heterocycles. The van der Waals surface area contributed by atoms with Crippen molar-refractivity contribution in [2.75, 3.05) is 0 Å². The fraction of sp³-hybridized carbons (Fsp3) is 0.100. The Hall–Kier alpha value is -2.24. The molecule has 1 N–H and O–H groups in total. The van der Waals surface area contributed by atoms with Crippen molar-refractivity contribution in [2.24, 2.45) is 0 Å². The van der Waals surface area contributed by atoms with Crippen LogP contribution in [0, 0.1) is 5.82 Å². The molecule has 82 valence electrons. The van der Waals surface area contributed by atoms with Gasteiger partial charge < -0.3 is 5.11 Å². The highest BCUT2D eigenvalue weighted by Crippen LogP contribution is 2.10. The van der Waals surface area contributed by atoms with E-state index in [4.69, 9.17) is 5.11 Å². The number of carbonyl (C=O) groups is 1. The van der Waals surface area contributed by atoms with Crippen LogP contribution in [0.2, 0.25) is 0 Å². The van der Waals surface area contributed by atoms with Crippen LogP contribution in [0.15, 0.2) is 30.9 Å². The van der Waals surface area contributed by atoms with Gasteiger partial charge in [-0.3, -0.25) is 0 Å². The summed E-state index contributed by atoms with van der Waals surface area (Å²) in [5, 5.41) is 12.6. The van der Waals surface area contributed by atoms with E-state index in [1.807, 2.05) is 0 Å². The second-order valence-electron chi connectivity index (χ2n) is 3.25. The Morgan fingerprint density at radius 3 is 2.88 bits per heavy atom. The van der Waals surface area contributed by atoms with Crippen LogP contribution in [0.5, 0.6) is 0 Å². The molecule has 5 nitrogen and oxygen atoms in total. The van der Waals surface area contributed by atoms with Gasteiger partial charge in [-0.1, -0.05) is 0 Å². The van der Waals surface area contributed by atoms with E-state index in [0.29, 0.717) is 5.56 Å². The summed E-state index contributed by atoms with van der Waals surface area (Å²) in [4.78, 5) is 14.4. The number of hydrogen-bond donors (Lipinski definition) is 1. The van der Waals surface area contributed by atoms with Gasteiger partial charge in [0.15, 0.2) is 0 Å². The number of nitrogens with zero attached hydrogens (tertiary/aromatic N) is 3. The molecule has 0 bridgehead atoms. The van der Waals surface area contributed by atoms with E-state index in [0.717, 1.165) is 6.07 Å². The Labute approximate surface area is 90.2 Å². The highest BCUT2D eigenvalue weighted by atomic mass is 19.1. The molecule has 1 aromatic carbocycles. The molecule has 16 heavy (non-hydrogen) atoms. The largest absolute Gasteiger partial charge is 0.478 e. The summed E-state index contributed by atoms with van der Waals surface area (Å²) in [5.41, 5.74) is 0.456. The van der Waals surface area contributed by atoms with Crippen LogP contribution in [-0.4, -0.2) is 25.8 Å². The number of rotatable bonds is 3. The van der Waals surface area contributed by atoms with Gasteiger partial charge in [0.2, 0.25) is 0 Å². The smallest absolute Gasteiger partial charge is 0.335 e. The van der Waals surface area contributed by atoms with Gasteiger partial charge in [-0.25, -0.2) is 18.9 Å². The minimum Gasteiger partial charge on any atom is -0.478 e. The quantitative estimate of drug-likeness (QED) is 0.844. The molecular formula is C10H8FN3O2. The third kappa shape index (κ3) is 2.22. The second kappa shape index (κ2) is 4.09. The van der Waals surface area contributed by atoms with Crippen molar-refractivity contribution < 1.29 is 14.3 Å². The van der Waals surface area contributed by atoms with E-state index < -0.39 is 11.8 Å². The predicted octanol–water partition coefficient (Wildman–Crippen LogP) is 1.16. The van der Waals surface area contributed by atoms with Gasteiger partial charge in [0, 0.05) is 0 Å². The summed E-state index contributed by atoms with van der Waals surface area (Å²) in [5.74, 6) is -1.73. The first kappa shape index (κ1) is 10.3. The second-order valence-corrected chi connectivity index (χ2v) is 3.25. The van der Waals surface area contributed by atoms with Crippen LogP contribution < -0.4 is 0 Å². The number of carboxylic acids is 1. The number of aromatic carboxylic acids is 1. The maximum atomic E-state index is 13.1. The molecule has 0 aliphatic carbocycles. The topological polar surface area (TPSA) is 68.0 Å². The van der Waals surface area contributed by atoms with Crippen LogP contribution >= 0.6 is 0 Å². The molecule has 0 aliphatic rings. The molecule has 1 aromatic heterocycles. The summed E-state index contributed by atoms with van der Waals surface area (Å²) in [6.07, 6.45) is 2.84. The zero-order chi connectivity index (χ0) is 11.5. The third-order valence-electron chi connectivity index (χ3n) is 2.02. The Bertz CT molecular complexity index is 511. The van der Waals surface area contributed by atoms with Gasteiger partial charge in [0.1, 0.15) is 18.5 Å². The van der Waals surface area contributed by atoms with Gasteiger partial charge in [-0.05, 0) is 23.8 Å². The Kier molecular flexibility index (Phi) is 2.63. The van der Waals surface area contributed by atoms with E-state index in [9.17, 15) is 9.18 Å². The minimum atomic E-state index is -1.15. The molecule has 0 saturated carbocycles. The molecule has 0 spiro atoms. The zero-order valence-corrected chi connectivity index (χ0v) is 8.17. The van der Waals surface area contributed by atoms with E-state index >= 15 is 0 Å². The average Bonchev–Trinajstić information content (AvgIpc) is 2.69. The molecule has 0 aliphatic heterocycles. The number of halogens is 1. The van der Waals surface area contributed by atoms with Crippen molar-refractivity contribution in [3.05, 3.63) is 47.8 Å². The van der Waals surface area contributed by atoms with Crippen LogP contribution in [0.4, 0.5) is 4.39 Å². The summed E-state index contributed by atoms with van der Waals surface area (Å²) in [6.45, 7) is 0.290. The zero-order valence-electron chi connectivity index (χ0n) is 8.17. The van der Waals surface area contributed by atoms with Crippen LogP contribution in [0.1, 0.15) is 15.9 Å². The highest BCUT2D eigenvalue weighted by Gasteiger charge is 2.07. The lowest BCUT2D eigenvalue weighted by molar-refractivity contribution is 0.0696. The number of benzene rings is 1. The van der Waals surface area contributed by atoms with Crippen molar-refractivity contribution >= 4 is 5.97 Å². The molecule has 2 aromatic rings. The summed E-state index contributed by atoms with van der Waals surface area (Å²) >= 11 is 0. The van der Waals surface area contributed by atoms with Crippen LogP contribution in [0.3, 0.4) is 0 Å². The predicted molar refractivity (Wildman–Crippen MR) is 52.5 cm³/mol. The van der Waals surface area contributed by atoms with Crippen LogP contribution in [0.25, 0.3) is 0 Å². The molecule has 0 unspecified atom stereocenters. The first-order valence-electron chi connectivity index (χ1n) is 4.50. The SMILES string of the molecule is O=C(O)c1cc(F)cc(Cn2cncn2)c1. The van der Waals surface area contributed by atoms with Gasteiger partial charge in [-0.2, -0.15) is 5.10 Å². The minimum absolute atomic E-state index is 0.0740. The molecular weight excluding hydrogens is 213 g/mol. The fourth-order valence-electron chi connectivity index (χ4n) is 1.37.